The van der Waals surface area contributed by atoms with Gasteiger partial charge in [-0.05, 0) is 25.0 Å². The highest BCUT2D eigenvalue weighted by molar-refractivity contribution is 5.75. The number of ether oxygens (including phenoxy) is 2. The van der Waals surface area contributed by atoms with Gasteiger partial charge in [0.1, 0.15) is 5.82 Å². The molecule has 0 radical (unpaired) electrons. The molecule has 2 aliphatic rings. The van der Waals surface area contributed by atoms with Gasteiger partial charge in [0, 0.05) is 18.9 Å². The minimum absolute atomic E-state index is 0.298. The van der Waals surface area contributed by atoms with Gasteiger partial charge < -0.3 is 14.8 Å². The summed E-state index contributed by atoms with van der Waals surface area (Å²) < 4.78 is 11.5. The lowest BCUT2D eigenvalue weighted by Gasteiger charge is -2.35. The van der Waals surface area contributed by atoms with Crippen molar-refractivity contribution in [2.75, 3.05) is 18.5 Å². The molecule has 1 spiro atoms. The molecule has 2 aromatic rings. The summed E-state index contributed by atoms with van der Waals surface area (Å²) in [7, 11) is 0. The predicted molar refractivity (Wildman–Crippen MR) is 80.1 cm³/mol. The highest BCUT2D eigenvalue weighted by atomic mass is 16.7. The maximum absolute atomic E-state index is 5.76. The van der Waals surface area contributed by atoms with Crippen molar-refractivity contribution >= 4 is 16.9 Å². The maximum atomic E-state index is 5.76. The van der Waals surface area contributed by atoms with Gasteiger partial charge >= 0.3 is 0 Å². The summed E-state index contributed by atoms with van der Waals surface area (Å²) >= 11 is 0. The van der Waals surface area contributed by atoms with Crippen molar-refractivity contribution in [2.24, 2.45) is 0 Å². The number of para-hydroxylation sites is 2. The molecule has 2 heterocycles. The van der Waals surface area contributed by atoms with Crippen molar-refractivity contribution < 1.29 is 9.47 Å². The molecule has 21 heavy (non-hydrogen) atoms. The maximum Gasteiger partial charge on any atom is 0.168 e. The van der Waals surface area contributed by atoms with Crippen LogP contribution < -0.4 is 5.32 Å². The van der Waals surface area contributed by atoms with Crippen LogP contribution >= 0.6 is 0 Å². The number of rotatable bonds is 2. The molecule has 110 valence electrons. The summed E-state index contributed by atoms with van der Waals surface area (Å²) in [5, 5.41) is 3.49. The van der Waals surface area contributed by atoms with Crippen molar-refractivity contribution in [3.8, 4) is 0 Å². The summed E-state index contributed by atoms with van der Waals surface area (Å²) in [6.07, 6.45) is 5.79. The zero-order valence-corrected chi connectivity index (χ0v) is 11.9. The molecule has 1 aromatic heterocycles. The van der Waals surface area contributed by atoms with Crippen molar-refractivity contribution in [3.63, 3.8) is 0 Å². The Morgan fingerprint density at radius 3 is 2.52 bits per heavy atom. The van der Waals surface area contributed by atoms with Crippen LogP contribution in [0.25, 0.3) is 11.0 Å². The Kier molecular flexibility index (Phi) is 3.24. The van der Waals surface area contributed by atoms with Gasteiger partial charge in [0.2, 0.25) is 0 Å². The molecule has 1 aliphatic heterocycles. The van der Waals surface area contributed by atoms with Crippen LogP contribution in [0.1, 0.15) is 25.7 Å². The Balaban J connectivity index is 1.43. The second-order valence-corrected chi connectivity index (χ2v) is 5.77. The van der Waals surface area contributed by atoms with E-state index < -0.39 is 0 Å². The number of nitrogens with zero attached hydrogens (tertiary/aromatic N) is 2. The lowest BCUT2D eigenvalue weighted by Crippen LogP contribution is -2.39. The van der Waals surface area contributed by atoms with Gasteiger partial charge in [-0.3, -0.25) is 4.98 Å². The van der Waals surface area contributed by atoms with E-state index in [9.17, 15) is 0 Å². The van der Waals surface area contributed by atoms with Crippen molar-refractivity contribution in [3.05, 3.63) is 30.5 Å². The largest absolute Gasteiger partial charge is 0.366 e. The second kappa shape index (κ2) is 5.24. The quantitative estimate of drug-likeness (QED) is 0.919. The van der Waals surface area contributed by atoms with Crippen LogP contribution in [0.3, 0.4) is 0 Å². The fraction of sp³-hybridized carbons (Fsp3) is 0.500. The van der Waals surface area contributed by atoms with Crippen LogP contribution in [0.4, 0.5) is 5.82 Å². The number of hydrogen-bond acceptors (Lipinski definition) is 5. The second-order valence-electron chi connectivity index (χ2n) is 5.77. The van der Waals surface area contributed by atoms with Crippen LogP contribution in [0.2, 0.25) is 0 Å². The van der Waals surface area contributed by atoms with E-state index in [1.165, 1.54) is 0 Å². The van der Waals surface area contributed by atoms with E-state index in [4.69, 9.17) is 9.47 Å². The summed E-state index contributed by atoms with van der Waals surface area (Å²) in [5.74, 6) is 0.552. The lowest BCUT2D eigenvalue weighted by molar-refractivity contribution is -0.177. The average molecular weight is 285 g/mol. The number of anilines is 1. The molecule has 5 nitrogen and oxygen atoms in total. The molecule has 0 atom stereocenters. The molecular weight excluding hydrogens is 266 g/mol. The summed E-state index contributed by atoms with van der Waals surface area (Å²) in [6.45, 7) is 1.46. The molecular formula is C16H19N3O2. The molecule has 2 fully saturated rings. The smallest absolute Gasteiger partial charge is 0.168 e. The molecule has 0 bridgehead atoms. The number of nitrogens with one attached hydrogen (secondary N) is 1. The van der Waals surface area contributed by atoms with Gasteiger partial charge in [-0.15, -0.1) is 0 Å². The number of fused-ring (bicyclic) bond motifs is 1. The summed E-state index contributed by atoms with van der Waals surface area (Å²) in [5.41, 5.74) is 1.86. The third-order valence-corrected chi connectivity index (χ3v) is 4.36. The highest BCUT2D eigenvalue weighted by Crippen LogP contribution is 2.36. The van der Waals surface area contributed by atoms with Crippen LogP contribution in [-0.2, 0) is 9.47 Å². The fourth-order valence-electron chi connectivity index (χ4n) is 3.22. The Labute approximate surface area is 123 Å². The van der Waals surface area contributed by atoms with E-state index in [1.54, 1.807) is 0 Å². The summed E-state index contributed by atoms with van der Waals surface area (Å²) in [4.78, 5) is 9.07. The lowest BCUT2D eigenvalue weighted by atomic mass is 9.90. The van der Waals surface area contributed by atoms with E-state index >= 15 is 0 Å². The van der Waals surface area contributed by atoms with Gasteiger partial charge in [0.15, 0.2) is 5.79 Å². The van der Waals surface area contributed by atoms with Gasteiger partial charge in [-0.2, -0.15) is 0 Å². The topological polar surface area (TPSA) is 56.3 Å². The zero-order chi connectivity index (χ0) is 14.1. The monoisotopic (exact) mass is 285 g/mol. The molecule has 1 N–H and O–H groups in total. The molecule has 1 saturated heterocycles. The molecule has 0 unspecified atom stereocenters. The number of benzene rings is 1. The standard InChI is InChI=1S/C16H19N3O2/c1-2-4-14-13(3-1)17-11-15(19-14)18-12-5-7-16(8-6-12)20-9-10-21-16/h1-4,11-12H,5-10H2,(H,18,19). The molecule has 0 amide bonds. The molecule has 1 aliphatic carbocycles. The van der Waals surface area contributed by atoms with Gasteiger partial charge in [-0.25, -0.2) is 4.98 Å². The first-order valence-corrected chi connectivity index (χ1v) is 7.59. The van der Waals surface area contributed by atoms with Crippen LogP contribution in [0, 0.1) is 0 Å². The van der Waals surface area contributed by atoms with Crippen LogP contribution in [-0.4, -0.2) is 35.0 Å². The Bertz CT molecular complexity index is 630. The zero-order valence-electron chi connectivity index (χ0n) is 11.9. The van der Waals surface area contributed by atoms with Gasteiger partial charge in [0.25, 0.3) is 0 Å². The van der Waals surface area contributed by atoms with E-state index in [1.807, 2.05) is 30.5 Å². The normalized spacial score (nSPS) is 21.9. The van der Waals surface area contributed by atoms with Crippen molar-refractivity contribution in [1.29, 1.82) is 0 Å². The predicted octanol–water partition coefficient (Wildman–Crippen LogP) is 2.73. The molecule has 1 aromatic carbocycles. The molecule has 5 heteroatoms. The van der Waals surface area contributed by atoms with E-state index in [0.717, 1.165) is 55.7 Å². The van der Waals surface area contributed by atoms with Crippen LogP contribution in [0.5, 0.6) is 0 Å². The van der Waals surface area contributed by atoms with E-state index in [-0.39, 0.29) is 5.79 Å². The fourth-order valence-corrected chi connectivity index (χ4v) is 3.22. The molecule has 1 saturated carbocycles. The number of aromatic nitrogens is 2. The average Bonchev–Trinajstić information content (AvgIpc) is 2.98. The van der Waals surface area contributed by atoms with Crippen LogP contribution in [0.15, 0.2) is 30.5 Å². The Morgan fingerprint density at radius 2 is 1.76 bits per heavy atom. The Hall–Kier alpha value is -1.72. The van der Waals surface area contributed by atoms with E-state index in [0.29, 0.717) is 6.04 Å². The van der Waals surface area contributed by atoms with Crippen molar-refractivity contribution in [2.45, 2.75) is 37.5 Å². The first-order chi connectivity index (χ1) is 10.3. The Morgan fingerprint density at radius 1 is 1.05 bits per heavy atom. The third-order valence-electron chi connectivity index (χ3n) is 4.36. The van der Waals surface area contributed by atoms with Gasteiger partial charge in [0.05, 0.1) is 30.4 Å². The first-order valence-electron chi connectivity index (χ1n) is 7.59. The van der Waals surface area contributed by atoms with E-state index in [2.05, 4.69) is 15.3 Å². The number of hydrogen-bond donors (Lipinski definition) is 1. The third kappa shape index (κ3) is 2.59. The molecule has 4 rings (SSSR count). The SMILES string of the molecule is c1ccc2nc(NC3CCC4(CC3)OCCO4)cnc2c1. The minimum atomic E-state index is -0.298. The minimum Gasteiger partial charge on any atom is -0.366 e. The summed E-state index contributed by atoms with van der Waals surface area (Å²) in [6, 6.07) is 8.35. The van der Waals surface area contributed by atoms with Gasteiger partial charge in [-0.1, -0.05) is 12.1 Å². The highest BCUT2D eigenvalue weighted by Gasteiger charge is 2.40. The van der Waals surface area contributed by atoms with Crippen molar-refractivity contribution in [1.82, 2.24) is 9.97 Å². The first kappa shape index (κ1) is 13.0.